The lowest BCUT2D eigenvalue weighted by Gasteiger charge is -2.20. The zero-order valence-electron chi connectivity index (χ0n) is 12.2. The van der Waals surface area contributed by atoms with E-state index in [0.29, 0.717) is 6.04 Å². The molecule has 0 spiro atoms. The standard InChI is InChI=1S/C18H23NS/c1-14(19-11-10-18-7-4-12-20-18)16-9-8-15-5-2-3-6-17(15)13-16/h4,7-9,12-14,19H,2-3,5-6,10-11H2,1H3. The van der Waals surface area contributed by atoms with Gasteiger partial charge in [0.15, 0.2) is 0 Å². The van der Waals surface area contributed by atoms with Crippen LogP contribution in [0.1, 0.15) is 47.4 Å². The molecule has 1 heterocycles. The molecule has 2 aromatic rings. The molecule has 0 aliphatic heterocycles. The summed E-state index contributed by atoms with van der Waals surface area (Å²) in [4.78, 5) is 1.47. The van der Waals surface area contributed by atoms with E-state index < -0.39 is 0 Å². The number of hydrogen-bond donors (Lipinski definition) is 1. The quantitative estimate of drug-likeness (QED) is 0.851. The first-order valence-electron chi connectivity index (χ1n) is 7.70. The second-order valence-corrected chi connectivity index (χ2v) is 6.77. The maximum Gasteiger partial charge on any atom is 0.0292 e. The summed E-state index contributed by atoms with van der Waals surface area (Å²) in [5, 5.41) is 5.81. The average Bonchev–Trinajstić information content (AvgIpc) is 3.00. The van der Waals surface area contributed by atoms with E-state index in [4.69, 9.17) is 0 Å². The number of hydrogen-bond acceptors (Lipinski definition) is 2. The second kappa shape index (κ2) is 6.55. The third-order valence-corrected chi connectivity index (χ3v) is 5.21. The van der Waals surface area contributed by atoms with Gasteiger partial charge in [0.05, 0.1) is 0 Å². The Morgan fingerprint density at radius 3 is 2.80 bits per heavy atom. The maximum atomic E-state index is 3.65. The van der Waals surface area contributed by atoms with E-state index in [-0.39, 0.29) is 0 Å². The molecule has 0 saturated heterocycles. The molecule has 1 aromatic heterocycles. The molecule has 0 radical (unpaired) electrons. The van der Waals surface area contributed by atoms with Crippen LogP contribution in [0.5, 0.6) is 0 Å². The fourth-order valence-electron chi connectivity index (χ4n) is 3.01. The summed E-state index contributed by atoms with van der Waals surface area (Å²) in [6.45, 7) is 3.33. The molecule has 0 fully saturated rings. The third-order valence-electron chi connectivity index (χ3n) is 4.27. The number of fused-ring (bicyclic) bond motifs is 1. The molecule has 1 unspecified atom stereocenters. The molecular formula is C18H23NS. The van der Waals surface area contributed by atoms with Gasteiger partial charge in [-0.1, -0.05) is 24.3 Å². The topological polar surface area (TPSA) is 12.0 Å². The van der Waals surface area contributed by atoms with Crippen LogP contribution in [-0.2, 0) is 19.3 Å². The molecule has 106 valence electrons. The molecule has 20 heavy (non-hydrogen) atoms. The van der Waals surface area contributed by atoms with Crippen LogP contribution >= 0.6 is 11.3 Å². The number of rotatable bonds is 5. The highest BCUT2D eigenvalue weighted by atomic mass is 32.1. The van der Waals surface area contributed by atoms with Gasteiger partial charge in [0.2, 0.25) is 0 Å². The van der Waals surface area contributed by atoms with Crippen LogP contribution in [0.15, 0.2) is 35.7 Å². The molecule has 0 saturated carbocycles. The molecule has 1 aliphatic rings. The van der Waals surface area contributed by atoms with E-state index in [1.54, 1.807) is 11.1 Å². The van der Waals surface area contributed by atoms with Crippen molar-refractivity contribution >= 4 is 11.3 Å². The highest BCUT2D eigenvalue weighted by Gasteiger charge is 2.12. The molecule has 1 aromatic carbocycles. The van der Waals surface area contributed by atoms with Gasteiger partial charge in [0.25, 0.3) is 0 Å². The van der Waals surface area contributed by atoms with Crippen molar-refractivity contribution in [2.45, 2.75) is 45.1 Å². The summed E-state index contributed by atoms with van der Waals surface area (Å²) < 4.78 is 0. The molecule has 0 bridgehead atoms. The average molecular weight is 285 g/mol. The first kappa shape index (κ1) is 13.8. The Morgan fingerprint density at radius 2 is 2.00 bits per heavy atom. The Labute approximate surface area is 126 Å². The molecule has 1 nitrogen and oxygen atoms in total. The van der Waals surface area contributed by atoms with Gasteiger partial charge in [-0.15, -0.1) is 11.3 Å². The Hall–Kier alpha value is -1.12. The molecule has 1 N–H and O–H groups in total. The van der Waals surface area contributed by atoms with Crippen LogP contribution in [0.3, 0.4) is 0 Å². The number of benzene rings is 1. The van der Waals surface area contributed by atoms with Gasteiger partial charge < -0.3 is 5.32 Å². The van der Waals surface area contributed by atoms with Crippen molar-refractivity contribution in [1.29, 1.82) is 0 Å². The molecule has 1 aliphatic carbocycles. The van der Waals surface area contributed by atoms with E-state index in [1.807, 2.05) is 11.3 Å². The van der Waals surface area contributed by atoms with Gasteiger partial charge >= 0.3 is 0 Å². The fraction of sp³-hybridized carbons (Fsp3) is 0.444. The highest BCUT2D eigenvalue weighted by Crippen LogP contribution is 2.24. The first-order chi connectivity index (χ1) is 9.83. The monoisotopic (exact) mass is 285 g/mol. The lowest BCUT2D eigenvalue weighted by atomic mass is 9.89. The molecule has 2 heteroatoms. The Kier molecular flexibility index (Phi) is 4.54. The molecule has 0 amide bonds. The SMILES string of the molecule is CC(NCCc1cccs1)c1ccc2c(c1)CCCC2. The summed E-state index contributed by atoms with van der Waals surface area (Å²) in [6, 6.07) is 11.9. The van der Waals surface area contributed by atoms with Crippen molar-refractivity contribution in [2.75, 3.05) is 6.54 Å². The van der Waals surface area contributed by atoms with E-state index in [9.17, 15) is 0 Å². The summed E-state index contributed by atoms with van der Waals surface area (Å²) in [5.41, 5.74) is 4.60. The van der Waals surface area contributed by atoms with Crippen LogP contribution in [0.25, 0.3) is 0 Å². The van der Waals surface area contributed by atoms with Crippen LogP contribution in [0.2, 0.25) is 0 Å². The van der Waals surface area contributed by atoms with E-state index >= 15 is 0 Å². The lowest BCUT2D eigenvalue weighted by molar-refractivity contribution is 0.576. The Morgan fingerprint density at radius 1 is 1.15 bits per heavy atom. The van der Waals surface area contributed by atoms with E-state index in [0.717, 1.165) is 13.0 Å². The Bertz CT molecular complexity index is 545. The van der Waals surface area contributed by atoms with Crippen LogP contribution < -0.4 is 5.32 Å². The lowest BCUT2D eigenvalue weighted by Crippen LogP contribution is -2.21. The fourth-order valence-corrected chi connectivity index (χ4v) is 3.72. The van der Waals surface area contributed by atoms with E-state index in [1.165, 1.54) is 36.1 Å². The van der Waals surface area contributed by atoms with Crippen molar-refractivity contribution in [3.05, 3.63) is 57.3 Å². The minimum Gasteiger partial charge on any atom is -0.310 e. The zero-order valence-corrected chi connectivity index (χ0v) is 13.0. The van der Waals surface area contributed by atoms with Gasteiger partial charge in [0, 0.05) is 17.5 Å². The molecule has 1 atom stereocenters. The van der Waals surface area contributed by atoms with Gasteiger partial charge in [-0.2, -0.15) is 0 Å². The smallest absolute Gasteiger partial charge is 0.0292 e. The summed E-state index contributed by atoms with van der Waals surface area (Å²) in [5.74, 6) is 0. The number of nitrogens with one attached hydrogen (secondary N) is 1. The van der Waals surface area contributed by atoms with Crippen LogP contribution in [0.4, 0.5) is 0 Å². The third kappa shape index (κ3) is 3.31. The maximum absolute atomic E-state index is 3.65. The summed E-state index contributed by atoms with van der Waals surface area (Å²) in [7, 11) is 0. The molecule has 3 rings (SSSR count). The van der Waals surface area contributed by atoms with Crippen molar-refractivity contribution in [3.8, 4) is 0 Å². The van der Waals surface area contributed by atoms with Gasteiger partial charge in [-0.25, -0.2) is 0 Å². The highest BCUT2D eigenvalue weighted by molar-refractivity contribution is 7.09. The summed E-state index contributed by atoms with van der Waals surface area (Å²) in [6.07, 6.45) is 6.39. The predicted octanol–water partition coefficient (Wildman–Crippen LogP) is 4.52. The van der Waals surface area contributed by atoms with Crippen molar-refractivity contribution in [3.63, 3.8) is 0 Å². The van der Waals surface area contributed by atoms with Gasteiger partial charge in [-0.3, -0.25) is 0 Å². The largest absolute Gasteiger partial charge is 0.310 e. The second-order valence-electron chi connectivity index (χ2n) is 5.74. The Balaban J connectivity index is 1.57. The van der Waals surface area contributed by atoms with Gasteiger partial charge in [-0.05, 0) is 67.2 Å². The van der Waals surface area contributed by atoms with Crippen molar-refractivity contribution in [1.82, 2.24) is 5.32 Å². The van der Waals surface area contributed by atoms with E-state index in [2.05, 4.69) is 48.0 Å². The predicted molar refractivity (Wildman–Crippen MR) is 87.5 cm³/mol. The van der Waals surface area contributed by atoms with Crippen molar-refractivity contribution in [2.24, 2.45) is 0 Å². The first-order valence-corrected chi connectivity index (χ1v) is 8.58. The van der Waals surface area contributed by atoms with Gasteiger partial charge in [0.1, 0.15) is 0 Å². The number of thiophene rings is 1. The van der Waals surface area contributed by atoms with Crippen molar-refractivity contribution < 1.29 is 0 Å². The van der Waals surface area contributed by atoms with Crippen LogP contribution in [-0.4, -0.2) is 6.54 Å². The normalized spacial score (nSPS) is 15.8. The minimum absolute atomic E-state index is 0.446. The molecular weight excluding hydrogens is 262 g/mol. The zero-order chi connectivity index (χ0) is 13.8. The number of aryl methyl sites for hydroxylation is 2. The summed E-state index contributed by atoms with van der Waals surface area (Å²) >= 11 is 1.85. The minimum atomic E-state index is 0.446. The van der Waals surface area contributed by atoms with Crippen LogP contribution in [0, 0.1) is 0 Å².